The smallest absolute Gasteiger partial charge is 0.374 e. The molecule has 0 heterocycles. The summed E-state index contributed by atoms with van der Waals surface area (Å²) < 4.78 is 35.4. The SMILES string of the molecule is CCO[Si](CCCCCNCCC[Si](OCC)(OCC)OCC)(OCC)OCC. The number of nitrogens with one attached hydrogen (secondary N) is 1. The van der Waals surface area contributed by atoms with E-state index in [1.807, 2.05) is 41.5 Å². The van der Waals surface area contributed by atoms with Crippen LogP contribution in [0.2, 0.25) is 12.1 Å². The molecule has 176 valence electrons. The molecule has 0 amide bonds. The van der Waals surface area contributed by atoms with Crippen LogP contribution in [0.25, 0.3) is 0 Å². The molecule has 0 aromatic carbocycles. The van der Waals surface area contributed by atoms with E-state index in [1.165, 1.54) is 0 Å². The Bertz CT molecular complexity index is 300. The van der Waals surface area contributed by atoms with Gasteiger partial charge in [0.2, 0.25) is 0 Å². The number of rotatable bonds is 22. The summed E-state index contributed by atoms with van der Waals surface area (Å²) in [7, 11) is -4.98. The summed E-state index contributed by atoms with van der Waals surface area (Å²) in [6, 6.07) is 1.76. The molecule has 1 N–H and O–H groups in total. The van der Waals surface area contributed by atoms with Gasteiger partial charge in [-0.25, -0.2) is 0 Å². The van der Waals surface area contributed by atoms with E-state index in [0.29, 0.717) is 39.6 Å². The Hall–Kier alpha value is 0.154. The maximum atomic E-state index is 5.91. The molecule has 29 heavy (non-hydrogen) atoms. The van der Waals surface area contributed by atoms with Crippen LogP contribution in [0.5, 0.6) is 0 Å². The van der Waals surface area contributed by atoms with E-state index in [-0.39, 0.29) is 0 Å². The zero-order valence-corrected chi connectivity index (χ0v) is 21.8. The lowest BCUT2D eigenvalue weighted by Gasteiger charge is -2.28. The van der Waals surface area contributed by atoms with Gasteiger partial charge in [-0.15, -0.1) is 0 Å². The molecule has 0 radical (unpaired) electrons. The van der Waals surface area contributed by atoms with E-state index < -0.39 is 17.6 Å². The molecular formula is C20H47NO6Si2. The standard InChI is InChI=1S/C20H47NO6Si2/c1-7-22-28(23-8-2,24-9-3)19-15-13-14-17-21-18-16-20-29(25-10-4,26-11-5)27-12-6/h21H,7-20H2,1-6H3. The molecule has 9 heteroatoms. The van der Waals surface area contributed by atoms with E-state index >= 15 is 0 Å². The van der Waals surface area contributed by atoms with Gasteiger partial charge in [-0.2, -0.15) is 0 Å². The number of hydrogen-bond donors (Lipinski definition) is 1. The van der Waals surface area contributed by atoms with Crippen molar-refractivity contribution >= 4 is 17.6 Å². The largest absolute Gasteiger partial charge is 0.500 e. The fraction of sp³-hybridized carbons (Fsp3) is 1.00. The molecule has 0 aliphatic rings. The van der Waals surface area contributed by atoms with Crippen molar-refractivity contribution in [1.29, 1.82) is 0 Å². The highest BCUT2D eigenvalue weighted by Gasteiger charge is 2.40. The predicted molar refractivity (Wildman–Crippen MR) is 122 cm³/mol. The van der Waals surface area contributed by atoms with Crippen molar-refractivity contribution in [3.8, 4) is 0 Å². The Labute approximate surface area is 181 Å². The first-order valence-electron chi connectivity index (χ1n) is 11.6. The highest BCUT2D eigenvalue weighted by molar-refractivity contribution is 6.61. The van der Waals surface area contributed by atoms with Crippen LogP contribution < -0.4 is 5.32 Å². The lowest BCUT2D eigenvalue weighted by atomic mass is 10.2. The molecule has 0 unspecified atom stereocenters. The molecular weight excluding hydrogens is 406 g/mol. The quantitative estimate of drug-likeness (QED) is 0.194. The van der Waals surface area contributed by atoms with Gasteiger partial charge in [-0.1, -0.05) is 6.42 Å². The summed E-state index contributed by atoms with van der Waals surface area (Å²) in [4.78, 5) is 0. The van der Waals surface area contributed by atoms with Gasteiger partial charge < -0.3 is 31.9 Å². The molecule has 0 aliphatic heterocycles. The maximum Gasteiger partial charge on any atom is 0.500 e. The zero-order valence-electron chi connectivity index (χ0n) is 19.8. The van der Waals surface area contributed by atoms with E-state index in [0.717, 1.165) is 50.9 Å². The fourth-order valence-electron chi connectivity index (χ4n) is 3.33. The number of unbranched alkanes of at least 4 members (excludes halogenated alkanes) is 2. The van der Waals surface area contributed by atoms with E-state index in [1.54, 1.807) is 0 Å². The van der Waals surface area contributed by atoms with Gasteiger partial charge in [0.1, 0.15) is 0 Å². The van der Waals surface area contributed by atoms with Crippen molar-refractivity contribution < 1.29 is 26.6 Å². The molecule has 0 bridgehead atoms. The molecule has 0 fully saturated rings. The van der Waals surface area contributed by atoms with Crippen LogP contribution in [0.1, 0.15) is 67.2 Å². The summed E-state index contributed by atoms with van der Waals surface area (Å²) in [5.74, 6) is 0. The highest BCUT2D eigenvalue weighted by Crippen LogP contribution is 2.20. The topological polar surface area (TPSA) is 67.4 Å². The molecule has 0 aliphatic carbocycles. The lowest BCUT2D eigenvalue weighted by molar-refractivity contribution is 0.0700. The first-order valence-corrected chi connectivity index (χ1v) is 15.5. The molecule has 0 rings (SSSR count). The molecule has 0 aromatic heterocycles. The monoisotopic (exact) mass is 453 g/mol. The van der Waals surface area contributed by atoms with Gasteiger partial charge in [-0.05, 0) is 73.9 Å². The Morgan fingerprint density at radius 3 is 1.17 bits per heavy atom. The maximum absolute atomic E-state index is 5.91. The van der Waals surface area contributed by atoms with Crippen LogP contribution in [0.3, 0.4) is 0 Å². The van der Waals surface area contributed by atoms with Crippen LogP contribution in [-0.2, 0) is 26.6 Å². The molecule has 0 spiro atoms. The minimum Gasteiger partial charge on any atom is -0.374 e. The average molecular weight is 454 g/mol. The van der Waals surface area contributed by atoms with Crippen LogP contribution in [-0.4, -0.2) is 70.3 Å². The lowest BCUT2D eigenvalue weighted by Crippen LogP contribution is -2.46. The molecule has 0 atom stereocenters. The van der Waals surface area contributed by atoms with Crippen molar-refractivity contribution in [2.45, 2.75) is 79.3 Å². The van der Waals surface area contributed by atoms with Crippen molar-refractivity contribution in [3.05, 3.63) is 0 Å². The van der Waals surface area contributed by atoms with E-state index in [9.17, 15) is 0 Å². The fourth-order valence-corrected chi connectivity index (χ4v) is 8.62. The average Bonchev–Trinajstić information content (AvgIpc) is 2.68. The summed E-state index contributed by atoms with van der Waals surface area (Å²) in [6.45, 7) is 17.8. The number of hydrogen-bond acceptors (Lipinski definition) is 7. The molecule has 0 aromatic rings. The van der Waals surface area contributed by atoms with Gasteiger partial charge in [0, 0.05) is 51.7 Å². The Morgan fingerprint density at radius 2 is 0.793 bits per heavy atom. The van der Waals surface area contributed by atoms with Gasteiger partial charge >= 0.3 is 17.6 Å². The minimum atomic E-state index is -2.50. The van der Waals surface area contributed by atoms with Crippen LogP contribution >= 0.6 is 0 Å². The van der Waals surface area contributed by atoms with Crippen molar-refractivity contribution in [2.24, 2.45) is 0 Å². The molecule has 7 nitrogen and oxygen atoms in total. The summed E-state index contributed by atoms with van der Waals surface area (Å²) in [5, 5.41) is 3.53. The Balaban J connectivity index is 4.05. The second-order valence-corrected chi connectivity index (χ2v) is 12.1. The second-order valence-electron chi connectivity index (χ2n) is 6.63. The second kappa shape index (κ2) is 18.9. The third-order valence-electron chi connectivity index (χ3n) is 4.36. The highest BCUT2D eigenvalue weighted by atomic mass is 28.4. The Kier molecular flexibility index (Phi) is 19.0. The van der Waals surface area contributed by atoms with Crippen molar-refractivity contribution in [3.63, 3.8) is 0 Å². The Morgan fingerprint density at radius 1 is 0.448 bits per heavy atom. The van der Waals surface area contributed by atoms with Crippen molar-refractivity contribution in [2.75, 3.05) is 52.7 Å². The first-order chi connectivity index (χ1) is 14.1. The third-order valence-corrected chi connectivity index (χ3v) is 10.7. The van der Waals surface area contributed by atoms with Crippen LogP contribution in [0.4, 0.5) is 0 Å². The van der Waals surface area contributed by atoms with E-state index in [2.05, 4.69) is 5.32 Å². The third kappa shape index (κ3) is 13.2. The van der Waals surface area contributed by atoms with Gasteiger partial charge in [-0.3, -0.25) is 0 Å². The van der Waals surface area contributed by atoms with Gasteiger partial charge in [0.15, 0.2) is 0 Å². The van der Waals surface area contributed by atoms with Crippen molar-refractivity contribution in [1.82, 2.24) is 5.32 Å². The molecule has 0 saturated carbocycles. The summed E-state index contributed by atoms with van der Waals surface area (Å²) in [5.41, 5.74) is 0. The normalized spacial score (nSPS) is 12.6. The minimum absolute atomic E-state index is 0.635. The summed E-state index contributed by atoms with van der Waals surface area (Å²) in [6.07, 6.45) is 4.36. The predicted octanol–water partition coefficient (Wildman–Crippen LogP) is 4.23. The zero-order chi connectivity index (χ0) is 21.8. The molecule has 0 saturated heterocycles. The van der Waals surface area contributed by atoms with Crippen LogP contribution in [0, 0.1) is 0 Å². The first kappa shape index (κ1) is 29.2. The summed E-state index contributed by atoms with van der Waals surface area (Å²) >= 11 is 0. The van der Waals surface area contributed by atoms with Gasteiger partial charge in [0.25, 0.3) is 0 Å². The van der Waals surface area contributed by atoms with Gasteiger partial charge in [0.05, 0.1) is 0 Å². The van der Waals surface area contributed by atoms with E-state index in [4.69, 9.17) is 26.6 Å². The van der Waals surface area contributed by atoms with Crippen LogP contribution in [0.15, 0.2) is 0 Å².